The van der Waals surface area contributed by atoms with Crippen LogP contribution in [0.3, 0.4) is 0 Å². The molecule has 2 nitrogen and oxygen atoms in total. The molecule has 0 aliphatic rings. The maximum Gasteiger partial charge on any atom is 0.138 e. The molecule has 0 saturated carbocycles. The van der Waals surface area contributed by atoms with Crippen LogP contribution in [0.2, 0.25) is 0 Å². The first-order valence-electron chi connectivity index (χ1n) is 5.27. The number of rotatable bonds is 5. The van der Waals surface area contributed by atoms with Crippen molar-refractivity contribution in [2.75, 3.05) is 13.2 Å². The Hall–Kier alpha value is -1.00. The zero-order valence-corrected chi connectivity index (χ0v) is 11.0. The van der Waals surface area contributed by atoms with Crippen LogP contribution >= 0.6 is 22.7 Å². The van der Waals surface area contributed by atoms with Crippen LogP contribution in [0.25, 0.3) is 9.75 Å². The van der Waals surface area contributed by atoms with Gasteiger partial charge in [-0.15, -0.1) is 22.7 Å². The van der Waals surface area contributed by atoms with Crippen molar-refractivity contribution in [2.24, 2.45) is 0 Å². The molecule has 2 rings (SSSR count). The molecule has 86 valence electrons. The third-order valence-corrected chi connectivity index (χ3v) is 4.02. The molecule has 0 saturated heterocycles. The van der Waals surface area contributed by atoms with Crippen molar-refractivity contribution >= 4 is 22.7 Å². The van der Waals surface area contributed by atoms with Crippen molar-refractivity contribution in [3.8, 4) is 21.3 Å². The highest BCUT2D eigenvalue weighted by Crippen LogP contribution is 2.40. The van der Waals surface area contributed by atoms with Crippen LogP contribution in [0.5, 0.6) is 11.5 Å². The maximum atomic E-state index is 5.58. The van der Waals surface area contributed by atoms with Crippen LogP contribution < -0.4 is 9.47 Å². The van der Waals surface area contributed by atoms with Gasteiger partial charge in [0.25, 0.3) is 0 Å². The number of thiophene rings is 2. The molecule has 0 fully saturated rings. The summed E-state index contributed by atoms with van der Waals surface area (Å²) in [6.07, 6.45) is 0. The molecule has 0 amide bonds. The lowest BCUT2D eigenvalue weighted by molar-refractivity contribution is 0.341. The Morgan fingerprint density at radius 2 is 1.94 bits per heavy atom. The minimum absolute atomic E-state index is 0.702. The van der Waals surface area contributed by atoms with E-state index >= 15 is 0 Å². The van der Waals surface area contributed by atoms with E-state index in [1.54, 1.807) is 22.7 Å². The van der Waals surface area contributed by atoms with E-state index in [-0.39, 0.29) is 0 Å². The summed E-state index contributed by atoms with van der Waals surface area (Å²) in [5.41, 5.74) is 0. The van der Waals surface area contributed by atoms with Crippen LogP contribution in [-0.4, -0.2) is 13.2 Å². The summed E-state index contributed by atoms with van der Waals surface area (Å²) >= 11 is 3.40. The van der Waals surface area contributed by atoms with E-state index in [1.807, 2.05) is 25.3 Å². The first-order valence-corrected chi connectivity index (χ1v) is 7.03. The SMILES string of the molecule is CCOc1csc(-c2sccc2OCC)c1. The fraction of sp³-hybridized carbons (Fsp3) is 0.333. The molecule has 0 aliphatic carbocycles. The zero-order chi connectivity index (χ0) is 11.4. The van der Waals surface area contributed by atoms with Gasteiger partial charge in [0.15, 0.2) is 0 Å². The molecule has 0 radical (unpaired) electrons. The van der Waals surface area contributed by atoms with E-state index in [9.17, 15) is 0 Å². The van der Waals surface area contributed by atoms with Gasteiger partial charge >= 0.3 is 0 Å². The van der Waals surface area contributed by atoms with Crippen molar-refractivity contribution in [2.45, 2.75) is 13.8 Å². The van der Waals surface area contributed by atoms with Crippen LogP contribution in [-0.2, 0) is 0 Å². The van der Waals surface area contributed by atoms with Gasteiger partial charge in [-0.05, 0) is 31.4 Å². The molecule has 0 atom stereocenters. The maximum absolute atomic E-state index is 5.58. The molecule has 0 spiro atoms. The van der Waals surface area contributed by atoms with Crippen LogP contribution in [0.1, 0.15) is 13.8 Å². The number of ether oxygens (including phenoxy) is 2. The fourth-order valence-electron chi connectivity index (χ4n) is 1.43. The second-order valence-corrected chi connectivity index (χ2v) is 4.95. The molecular formula is C12H14O2S2. The second-order valence-electron chi connectivity index (χ2n) is 3.13. The molecule has 2 heterocycles. The molecule has 16 heavy (non-hydrogen) atoms. The molecule has 0 aliphatic heterocycles. The lowest BCUT2D eigenvalue weighted by atomic mass is 10.3. The van der Waals surface area contributed by atoms with Crippen molar-refractivity contribution in [1.29, 1.82) is 0 Å². The average molecular weight is 254 g/mol. The predicted octanol–water partition coefficient (Wildman–Crippen LogP) is 4.27. The van der Waals surface area contributed by atoms with Crippen LogP contribution in [0, 0.1) is 0 Å². The Kier molecular flexibility index (Phi) is 3.85. The Balaban J connectivity index is 2.24. The fourth-order valence-corrected chi connectivity index (χ4v) is 3.23. The molecule has 0 aromatic carbocycles. The summed E-state index contributed by atoms with van der Waals surface area (Å²) in [5, 5.41) is 4.09. The zero-order valence-electron chi connectivity index (χ0n) is 9.36. The lowest BCUT2D eigenvalue weighted by Crippen LogP contribution is -1.90. The molecule has 0 unspecified atom stereocenters. The van der Waals surface area contributed by atoms with Crippen LogP contribution in [0.4, 0.5) is 0 Å². The molecular weight excluding hydrogens is 240 g/mol. The summed E-state index contributed by atoms with van der Waals surface area (Å²) in [4.78, 5) is 2.40. The minimum Gasteiger partial charge on any atom is -0.493 e. The van der Waals surface area contributed by atoms with Gasteiger partial charge in [-0.1, -0.05) is 0 Å². The van der Waals surface area contributed by atoms with Crippen molar-refractivity contribution in [1.82, 2.24) is 0 Å². The highest BCUT2D eigenvalue weighted by Gasteiger charge is 2.10. The van der Waals surface area contributed by atoms with Crippen molar-refractivity contribution < 1.29 is 9.47 Å². The summed E-state index contributed by atoms with van der Waals surface area (Å²) < 4.78 is 11.0. The smallest absolute Gasteiger partial charge is 0.138 e. The van der Waals surface area contributed by atoms with E-state index in [4.69, 9.17) is 9.47 Å². The Bertz CT molecular complexity index is 445. The monoisotopic (exact) mass is 254 g/mol. The van der Waals surface area contributed by atoms with Gasteiger partial charge in [0.2, 0.25) is 0 Å². The average Bonchev–Trinajstić information content (AvgIpc) is 2.87. The molecule has 2 aromatic heterocycles. The topological polar surface area (TPSA) is 18.5 Å². The predicted molar refractivity (Wildman–Crippen MR) is 70.0 cm³/mol. The van der Waals surface area contributed by atoms with Crippen molar-refractivity contribution in [3.63, 3.8) is 0 Å². The third-order valence-electron chi connectivity index (χ3n) is 2.04. The van der Waals surface area contributed by atoms with Crippen LogP contribution in [0.15, 0.2) is 22.9 Å². The van der Waals surface area contributed by atoms with Gasteiger partial charge in [0.05, 0.1) is 23.0 Å². The number of hydrogen-bond acceptors (Lipinski definition) is 4. The van der Waals surface area contributed by atoms with Gasteiger partial charge < -0.3 is 9.47 Å². The second kappa shape index (κ2) is 5.37. The van der Waals surface area contributed by atoms with E-state index < -0.39 is 0 Å². The largest absolute Gasteiger partial charge is 0.493 e. The molecule has 0 bridgehead atoms. The van der Waals surface area contributed by atoms with E-state index in [2.05, 4.69) is 11.4 Å². The summed E-state index contributed by atoms with van der Waals surface area (Å²) in [6, 6.07) is 4.09. The van der Waals surface area contributed by atoms with Gasteiger partial charge in [-0.25, -0.2) is 0 Å². The Morgan fingerprint density at radius 3 is 2.69 bits per heavy atom. The molecule has 2 aromatic rings. The minimum atomic E-state index is 0.702. The standard InChI is InChI=1S/C12H14O2S2/c1-3-13-9-7-11(16-8-9)12-10(14-4-2)5-6-15-12/h5-8H,3-4H2,1-2H3. The molecule has 0 N–H and O–H groups in total. The van der Waals surface area contributed by atoms with E-state index in [0.717, 1.165) is 11.5 Å². The highest BCUT2D eigenvalue weighted by molar-refractivity contribution is 7.20. The lowest BCUT2D eigenvalue weighted by Gasteiger charge is -2.02. The first kappa shape index (κ1) is 11.5. The van der Waals surface area contributed by atoms with Gasteiger partial charge in [-0.3, -0.25) is 0 Å². The Morgan fingerprint density at radius 1 is 1.12 bits per heavy atom. The quantitative estimate of drug-likeness (QED) is 0.793. The van der Waals surface area contributed by atoms with Crippen molar-refractivity contribution in [3.05, 3.63) is 22.9 Å². The van der Waals surface area contributed by atoms with E-state index in [0.29, 0.717) is 13.2 Å². The van der Waals surface area contributed by atoms with Gasteiger partial charge in [0, 0.05) is 5.38 Å². The number of hydrogen-bond donors (Lipinski definition) is 0. The summed E-state index contributed by atoms with van der Waals surface area (Å²) in [6.45, 7) is 5.40. The van der Waals surface area contributed by atoms with E-state index in [1.165, 1.54) is 9.75 Å². The molecule has 4 heteroatoms. The Labute approximate surface area is 103 Å². The summed E-state index contributed by atoms with van der Waals surface area (Å²) in [5.74, 6) is 1.91. The van der Waals surface area contributed by atoms with Gasteiger partial charge in [0.1, 0.15) is 11.5 Å². The van der Waals surface area contributed by atoms with Gasteiger partial charge in [-0.2, -0.15) is 0 Å². The third kappa shape index (κ3) is 2.39. The first-order chi connectivity index (χ1) is 7.85. The normalized spacial score (nSPS) is 10.4. The summed E-state index contributed by atoms with van der Waals surface area (Å²) in [7, 11) is 0. The highest BCUT2D eigenvalue weighted by atomic mass is 32.1.